The number of hydrogen-bond acceptors (Lipinski definition) is 3. The van der Waals surface area contributed by atoms with Gasteiger partial charge in [0.15, 0.2) is 0 Å². The number of carboxylic acids is 1. The summed E-state index contributed by atoms with van der Waals surface area (Å²) < 4.78 is 0. The predicted octanol–water partition coefficient (Wildman–Crippen LogP) is 6.10. The zero-order chi connectivity index (χ0) is 28.6. The summed E-state index contributed by atoms with van der Waals surface area (Å²) in [6, 6.07) is 33.0. The molecule has 1 aliphatic heterocycles. The van der Waals surface area contributed by atoms with Crippen LogP contribution in [0.2, 0.25) is 0 Å². The summed E-state index contributed by atoms with van der Waals surface area (Å²) >= 11 is 0. The highest BCUT2D eigenvalue weighted by molar-refractivity contribution is 6.06. The van der Waals surface area contributed by atoms with Gasteiger partial charge in [-0.1, -0.05) is 91.0 Å². The van der Waals surface area contributed by atoms with Crippen molar-refractivity contribution in [3.05, 3.63) is 131 Å². The fourth-order valence-electron chi connectivity index (χ4n) is 5.48. The molecular formula is C35H34N2O4. The van der Waals surface area contributed by atoms with Crippen molar-refractivity contribution in [2.24, 2.45) is 0 Å². The van der Waals surface area contributed by atoms with Crippen LogP contribution in [0.3, 0.4) is 0 Å². The first kappa shape index (κ1) is 27.8. The van der Waals surface area contributed by atoms with E-state index in [0.29, 0.717) is 48.3 Å². The van der Waals surface area contributed by atoms with Crippen LogP contribution in [0.4, 0.5) is 0 Å². The number of carbonyl (C=O) groups is 3. The number of hydrogen-bond donors (Lipinski definition) is 1. The highest BCUT2D eigenvalue weighted by Crippen LogP contribution is 2.30. The zero-order valence-corrected chi connectivity index (χ0v) is 23.0. The first-order valence-electron chi connectivity index (χ1n) is 14.1. The topological polar surface area (TPSA) is 77.9 Å². The van der Waals surface area contributed by atoms with Crippen LogP contribution in [0.1, 0.15) is 50.2 Å². The van der Waals surface area contributed by atoms with E-state index in [1.54, 1.807) is 11.0 Å². The number of rotatable bonds is 10. The monoisotopic (exact) mass is 546 g/mol. The molecule has 1 N–H and O–H groups in total. The van der Waals surface area contributed by atoms with E-state index in [1.807, 2.05) is 89.8 Å². The minimum atomic E-state index is -0.946. The van der Waals surface area contributed by atoms with Gasteiger partial charge in [-0.15, -0.1) is 0 Å². The number of amides is 2. The summed E-state index contributed by atoms with van der Waals surface area (Å²) in [7, 11) is 0. The van der Waals surface area contributed by atoms with E-state index >= 15 is 0 Å². The molecule has 0 saturated carbocycles. The Morgan fingerprint density at radius 1 is 0.707 bits per heavy atom. The Hall–Kier alpha value is -4.71. The fraction of sp³-hybridized carbons (Fsp3) is 0.229. The molecule has 5 rings (SSSR count). The lowest BCUT2D eigenvalue weighted by Crippen LogP contribution is -2.36. The predicted molar refractivity (Wildman–Crippen MR) is 160 cm³/mol. The maximum atomic E-state index is 14.0. The van der Waals surface area contributed by atoms with Crippen LogP contribution >= 0.6 is 0 Å². The second-order valence-corrected chi connectivity index (χ2v) is 10.4. The Bertz CT molecular complexity index is 1530. The molecule has 0 radical (unpaired) electrons. The molecule has 6 nitrogen and oxygen atoms in total. The van der Waals surface area contributed by atoms with Gasteiger partial charge in [0.25, 0.3) is 11.8 Å². The van der Waals surface area contributed by atoms with Crippen LogP contribution in [-0.2, 0) is 24.2 Å². The first-order valence-corrected chi connectivity index (χ1v) is 14.1. The molecule has 4 aromatic carbocycles. The Balaban J connectivity index is 1.41. The quantitative estimate of drug-likeness (QED) is 0.261. The van der Waals surface area contributed by atoms with Gasteiger partial charge in [0.05, 0.1) is 6.42 Å². The molecule has 0 aliphatic carbocycles. The summed E-state index contributed by atoms with van der Waals surface area (Å²) in [5.41, 5.74) is 5.98. The van der Waals surface area contributed by atoms with E-state index in [2.05, 4.69) is 12.1 Å². The highest BCUT2D eigenvalue weighted by Gasteiger charge is 2.26. The second kappa shape index (κ2) is 13.1. The standard InChI is InChI=1S/C35H34N2O4/c38-33(39)21-24-36(22-10-13-26-11-2-1-3-12-26)34(40)31-18-8-6-16-29(31)30-17-7-9-19-32(30)35(41)37-23-20-27-14-4-5-15-28(27)25-37/h1-9,11-12,14-19H,10,13,20-25H2,(H,38,39). The van der Waals surface area contributed by atoms with Gasteiger partial charge in [0.2, 0.25) is 0 Å². The highest BCUT2D eigenvalue weighted by atomic mass is 16.4. The molecule has 208 valence electrons. The normalized spacial score (nSPS) is 12.4. The number of nitrogens with zero attached hydrogens (tertiary/aromatic N) is 2. The van der Waals surface area contributed by atoms with Gasteiger partial charge >= 0.3 is 5.97 Å². The third-order valence-electron chi connectivity index (χ3n) is 7.64. The van der Waals surface area contributed by atoms with E-state index in [0.717, 1.165) is 18.4 Å². The van der Waals surface area contributed by atoms with E-state index in [4.69, 9.17) is 0 Å². The Labute approximate surface area is 240 Å². The Morgan fingerprint density at radius 3 is 2.05 bits per heavy atom. The van der Waals surface area contributed by atoms with Crippen molar-refractivity contribution >= 4 is 17.8 Å². The van der Waals surface area contributed by atoms with Gasteiger partial charge < -0.3 is 14.9 Å². The van der Waals surface area contributed by atoms with Crippen LogP contribution in [0.25, 0.3) is 11.1 Å². The van der Waals surface area contributed by atoms with Crippen LogP contribution < -0.4 is 0 Å². The van der Waals surface area contributed by atoms with Crippen molar-refractivity contribution in [3.63, 3.8) is 0 Å². The molecule has 1 heterocycles. The molecule has 0 aromatic heterocycles. The third-order valence-corrected chi connectivity index (χ3v) is 7.64. The average molecular weight is 547 g/mol. The van der Waals surface area contributed by atoms with Gasteiger partial charge in [-0.05, 0) is 59.2 Å². The zero-order valence-electron chi connectivity index (χ0n) is 23.0. The molecule has 41 heavy (non-hydrogen) atoms. The number of aliphatic carboxylic acids is 1. The van der Waals surface area contributed by atoms with Gasteiger partial charge in [-0.25, -0.2) is 0 Å². The molecule has 4 aromatic rings. The van der Waals surface area contributed by atoms with Crippen molar-refractivity contribution < 1.29 is 19.5 Å². The van der Waals surface area contributed by atoms with Gasteiger partial charge in [0.1, 0.15) is 0 Å². The van der Waals surface area contributed by atoms with Gasteiger partial charge in [-0.3, -0.25) is 14.4 Å². The van der Waals surface area contributed by atoms with Gasteiger partial charge in [-0.2, -0.15) is 0 Å². The lowest BCUT2D eigenvalue weighted by molar-refractivity contribution is -0.137. The molecule has 0 bridgehead atoms. The van der Waals surface area contributed by atoms with Crippen LogP contribution in [0.5, 0.6) is 0 Å². The summed E-state index contributed by atoms with van der Waals surface area (Å²) in [4.78, 5) is 42.7. The number of carbonyl (C=O) groups excluding carboxylic acids is 2. The van der Waals surface area contributed by atoms with Crippen molar-refractivity contribution in [3.8, 4) is 11.1 Å². The van der Waals surface area contributed by atoms with Crippen LogP contribution in [0.15, 0.2) is 103 Å². The Morgan fingerprint density at radius 2 is 1.32 bits per heavy atom. The summed E-state index contributed by atoms with van der Waals surface area (Å²) in [5.74, 6) is -1.25. The summed E-state index contributed by atoms with van der Waals surface area (Å²) in [6.45, 7) is 1.73. The summed E-state index contributed by atoms with van der Waals surface area (Å²) in [6.07, 6.45) is 2.17. The maximum absolute atomic E-state index is 14.0. The first-order chi connectivity index (χ1) is 20.0. The minimum Gasteiger partial charge on any atom is -0.481 e. The summed E-state index contributed by atoms with van der Waals surface area (Å²) in [5, 5.41) is 9.35. The molecular weight excluding hydrogens is 512 g/mol. The van der Waals surface area contributed by atoms with E-state index in [1.165, 1.54) is 11.1 Å². The lowest BCUT2D eigenvalue weighted by atomic mass is 9.93. The SMILES string of the molecule is O=C(O)CCN(CCCc1ccccc1)C(=O)c1ccccc1-c1ccccc1C(=O)N1CCc2ccccc2C1. The number of fused-ring (bicyclic) bond motifs is 1. The minimum absolute atomic E-state index is 0.0667. The van der Waals surface area contributed by atoms with E-state index < -0.39 is 5.97 Å². The molecule has 0 spiro atoms. The van der Waals surface area contributed by atoms with Gasteiger partial charge in [0, 0.05) is 37.3 Å². The van der Waals surface area contributed by atoms with Crippen LogP contribution in [-0.4, -0.2) is 52.3 Å². The molecule has 2 amide bonds. The molecule has 0 fully saturated rings. The van der Waals surface area contributed by atoms with E-state index in [-0.39, 0.29) is 24.8 Å². The molecule has 1 aliphatic rings. The number of aryl methyl sites for hydroxylation is 1. The largest absolute Gasteiger partial charge is 0.481 e. The molecule has 0 atom stereocenters. The second-order valence-electron chi connectivity index (χ2n) is 10.4. The third kappa shape index (κ3) is 6.72. The molecule has 0 unspecified atom stereocenters. The van der Waals surface area contributed by atoms with Crippen molar-refractivity contribution in [2.45, 2.75) is 32.2 Å². The van der Waals surface area contributed by atoms with Crippen molar-refractivity contribution in [1.29, 1.82) is 0 Å². The molecule has 6 heteroatoms. The molecule has 0 saturated heterocycles. The smallest absolute Gasteiger partial charge is 0.305 e. The van der Waals surface area contributed by atoms with Crippen LogP contribution in [0, 0.1) is 0 Å². The average Bonchev–Trinajstić information content (AvgIpc) is 3.02. The fourth-order valence-corrected chi connectivity index (χ4v) is 5.48. The van der Waals surface area contributed by atoms with E-state index in [9.17, 15) is 19.5 Å². The lowest BCUT2D eigenvalue weighted by Gasteiger charge is -2.30. The van der Waals surface area contributed by atoms with Crippen molar-refractivity contribution in [1.82, 2.24) is 9.80 Å². The van der Waals surface area contributed by atoms with Crippen molar-refractivity contribution in [2.75, 3.05) is 19.6 Å². The Kier molecular flexibility index (Phi) is 8.89. The number of carboxylic acid groups (broad SMARTS) is 1. The maximum Gasteiger partial charge on any atom is 0.305 e. The number of benzene rings is 4.